The van der Waals surface area contributed by atoms with Crippen LogP contribution in [-0.2, 0) is 14.4 Å². The van der Waals surface area contributed by atoms with E-state index in [4.69, 9.17) is 4.42 Å². The molecule has 4 rings (SSSR count). The molecule has 9 heteroatoms. The van der Waals surface area contributed by atoms with E-state index in [2.05, 4.69) is 21.7 Å². The van der Waals surface area contributed by atoms with E-state index in [1.165, 1.54) is 24.9 Å². The highest BCUT2D eigenvalue weighted by atomic mass is 32.2. The van der Waals surface area contributed by atoms with Crippen LogP contribution in [0.2, 0.25) is 0 Å². The number of carbonyl (C=O) groups excluding carboxylic acids is 3. The van der Waals surface area contributed by atoms with Crippen molar-refractivity contribution in [3.63, 3.8) is 0 Å². The highest BCUT2D eigenvalue weighted by molar-refractivity contribution is 8.03. The largest absolute Gasteiger partial charge is 0.469 e. The zero-order valence-corrected chi connectivity index (χ0v) is 18.8. The Morgan fingerprint density at radius 1 is 1.15 bits per heavy atom. The van der Waals surface area contributed by atoms with Crippen LogP contribution in [0.3, 0.4) is 0 Å². The van der Waals surface area contributed by atoms with Crippen molar-refractivity contribution < 1.29 is 18.8 Å². The van der Waals surface area contributed by atoms with Crippen LogP contribution in [0.4, 0.5) is 11.4 Å². The number of carbonyl (C=O) groups is 3. The van der Waals surface area contributed by atoms with Gasteiger partial charge in [0.15, 0.2) is 0 Å². The van der Waals surface area contributed by atoms with E-state index in [0.29, 0.717) is 40.6 Å². The lowest BCUT2D eigenvalue weighted by molar-refractivity contribution is -0.122. The first-order valence-corrected chi connectivity index (χ1v) is 11.5. The van der Waals surface area contributed by atoms with Crippen LogP contribution in [0.25, 0.3) is 0 Å². The minimum atomic E-state index is -0.516. The van der Waals surface area contributed by atoms with E-state index >= 15 is 0 Å². The van der Waals surface area contributed by atoms with E-state index in [9.17, 15) is 19.6 Å². The van der Waals surface area contributed by atoms with Crippen LogP contribution in [0.1, 0.15) is 37.9 Å². The summed E-state index contributed by atoms with van der Waals surface area (Å²) in [5, 5.41) is 15.8. The number of anilines is 2. The molecule has 168 valence electrons. The summed E-state index contributed by atoms with van der Waals surface area (Å²) in [6, 6.07) is 12.5. The quantitative estimate of drug-likeness (QED) is 0.661. The van der Waals surface area contributed by atoms with Crippen molar-refractivity contribution >= 4 is 46.4 Å². The Balaban J connectivity index is 1.50. The molecular formula is C24H22N4O4S. The molecule has 0 bridgehead atoms. The van der Waals surface area contributed by atoms with Crippen LogP contribution in [0.5, 0.6) is 0 Å². The van der Waals surface area contributed by atoms with Gasteiger partial charge in [0.05, 0.1) is 35.5 Å². The minimum Gasteiger partial charge on any atom is -0.469 e. The molecule has 1 fully saturated rings. The van der Waals surface area contributed by atoms with Gasteiger partial charge in [0.1, 0.15) is 16.6 Å². The van der Waals surface area contributed by atoms with Crippen LogP contribution in [0.15, 0.2) is 62.7 Å². The molecule has 1 aromatic heterocycles. The van der Waals surface area contributed by atoms with Gasteiger partial charge in [0.2, 0.25) is 11.8 Å². The molecule has 2 amide bonds. The van der Waals surface area contributed by atoms with Crippen molar-refractivity contribution in [2.45, 2.75) is 32.1 Å². The summed E-state index contributed by atoms with van der Waals surface area (Å²) in [4.78, 5) is 41.0. The number of furan rings is 1. The Morgan fingerprint density at radius 3 is 2.52 bits per heavy atom. The van der Waals surface area contributed by atoms with Gasteiger partial charge in [0.25, 0.3) is 0 Å². The lowest BCUT2D eigenvalue weighted by Gasteiger charge is -2.33. The molecule has 2 atom stereocenters. The standard InChI is InChI=1S/C24H22N4O4S/c1-14(29)26-15-7-9-16(10-8-15)27-21(31)13-33-24-17(12-25)22(20-6-3-11-32-20)23-18(28-24)4-2-5-19(23)30/h3,6-11,22-23H,2,4-5,13H2,1H3,(H,26,29)(H,27,31)/t22-,23+/m1/s1. The van der Waals surface area contributed by atoms with Gasteiger partial charge in [-0.05, 0) is 49.2 Å². The van der Waals surface area contributed by atoms with Gasteiger partial charge in [-0.2, -0.15) is 5.26 Å². The number of hydrogen-bond donors (Lipinski definition) is 2. The van der Waals surface area contributed by atoms with Gasteiger partial charge < -0.3 is 15.1 Å². The second kappa shape index (κ2) is 9.88. The fraction of sp³-hybridized carbons (Fsp3) is 0.292. The summed E-state index contributed by atoms with van der Waals surface area (Å²) in [7, 11) is 0. The highest BCUT2D eigenvalue weighted by Crippen LogP contribution is 2.45. The van der Waals surface area contributed by atoms with Crippen LogP contribution < -0.4 is 10.6 Å². The molecule has 1 aromatic carbocycles. The number of allylic oxidation sites excluding steroid dienone is 1. The maximum Gasteiger partial charge on any atom is 0.234 e. The van der Waals surface area contributed by atoms with Crippen LogP contribution in [0, 0.1) is 17.2 Å². The second-order valence-electron chi connectivity index (χ2n) is 7.82. The summed E-state index contributed by atoms with van der Waals surface area (Å²) in [5.74, 6) is -0.757. The zero-order valence-electron chi connectivity index (χ0n) is 18.0. The molecule has 0 saturated heterocycles. The molecular weight excluding hydrogens is 440 g/mol. The van der Waals surface area contributed by atoms with Gasteiger partial charge in [0, 0.05) is 30.4 Å². The predicted octanol–water partition coefficient (Wildman–Crippen LogP) is 4.25. The Bertz CT molecular complexity index is 1180. The van der Waals surface area contributed by atoms with Crippen molar-refractivity contribution in [1.82, 2.24) is 0 Å². The Morgan fingerprint density at radius 2 is 1.88 bits per heavy atom. The van der Waals surface area contributed by atoms with Crippen molar-refractivity contribution in [2.24, 2.45) is 10.9 Å². The van der Waals surface area contributed by atoms with Crippen molar-refractivity contribution in [1.29, 1.82) is 5.26 Å². The molecule has 2 aromatic rings. The number of ketones is 1. The SMILES string of the molecule is CC(=O)Nc1ccc(NC(=O)CSC2=C(C#N)[C@H](c3ccco3)[C@@H]3C(=O)CCCC3=N2)cc1. The van der Waals surface area contributed by atoms with E-state index in [0.717, 1.165) is 12.1 Å². The molecule has 0 radical (unpaired) electrons. The van der Waals surface area contributed by atoms with Crippen molar-refractivity contribution in [2.75, 3.05) is 16.4 Å². The summed E-state index contributed by atoms with van der Waals surface area (Å²) < 4.78 is 5.58. The normalized spacial score (nSPS) is 19.9. The summed E-state index contributed by atoms with van der Waals surface area (Å²) in [5.41, 5.74) is 2.33. The summed E-state index contributed by atoms with van der Waals surface area (Å²) >= 11 is 1.17. The molecule has 0 unspecified atom stereocenters. The summed E-state index contributed by atoms with van der Waals surface area (Å²) in [6.07, 6.45) is 3.41. The molecule has 0 spiro atoms. The van der Waals surface area contributed by atoms with Gasteiger partial charge in [-0.3, -0.25) is 14.4 Å². The van der Waals surface area contributed by atoms with Gasteiger partial charge in [-0.1, -0.05) is 11.8 Å². The smallest absolute Gasteiger partial charge is 0.234 e. The van der Waals surface area contributed by atoms with E-state index in [1.54, 1.807) is 36.4 Å². The van der Waals surface area contributed by atoms with Crippen molar-refractivity contribution in [3.05, 3.63) is 59.0 Å². The number of benzene rings is 1. The Labute approximate surface area is 195 Å². The predicted molar refractivity (Wildman–Crippen MR) is 126 cm³/mol. The number of rotatable bonds is 6. The van der Waals surface area contributed by atoms with Crippen LogP contribution in [-0.4, -0.2) is 29.1 Å². The van der Waals surface area contributed by atoms with Gasteiger partial charge >= 0.3 is 0 Å². The number of hydrogen-bond acceptors (Lipinski definition) is 7. The average molecular weight is 463 g/mol. The third-order valence-electron chi connectivity index (χ3n) is 5.48. The topological polar surface area (TPSA) is 125 Å². The fourth-order valence-corrected chi connectivity index (χ4v) is 4.96. The lowest BCUT2D eigenvalue weighted by atomic mass is 9.72. The second-order valence-corrected chi connectivity index (χ2v) is 8.78. The Hall–Kier alpha value is -3.64. The minimum absolute atomic E-state index is 0.0498. The average Bonchev–Trinajstić information content (AvgIpc) is 3.32. The third-order valence-corrected chi connectivity index (χ3v) is 6.47. The number of thioether (sulfide) groups is 1. The lowest BCUT2D eigenvalue weighted by Crippen LogP contribution is -2.37. The number of nitriles is 1. The van der Waals surface area contributed by atoms with Gasteiger partial charge in [-0.25, -0.2) is 4.99 Å². The Kier molecular flexibility index (Phi) is 6.75. The van der Waals surface area contributed by atoms with Gasteiger partial charge in [-0.15, -0.1) is 0 Å². The molecule has 1 aliphatic heterocycles. The maximum atomic E-state index is 12.7. The van der Waals surface area contributed by atoms with E-state index < -0.39 is 11.8 Å². The molecule has 1 aliphatic carbocycles. The van der Waals surface area contributed by atoms with E-state index in [-0.39, 0.29) is 23.4 Å². The highest BCUT2D eigenvalue weighted by Gasteiger charge is 2.43. The molecule has 33 heavy (non-hydrogen) atoms. The van der Waals surface area contributed by atoms with E-state index in [1.807, 2.05) is 0 Å². The maximum absolute atomic E-state index is 12.7. The zero-order chi connectivity index (χ0) is 23.4. The first-order valence-electron chi connectivity index (χ1n) is 10.5. The number of fused-ring (bicyclic) bond motifs is 1. The molecule has 8 nitrogen and oxygen atoms in total. The third kappa shape index (κ3) is 5.07. The fourth-order valence-electron chi connectivity index (χ4n) is 4.11. The molecule has 2 aliphatic rings. The summed E-state index contributed by atoms with van der Waals surface area (Å²) in [6.45, 7) is 1.42. The molecule has 1 saturated carbocycles. The number of nitrogens with one attached hydrogen (secondary N) is 2. The van der Waals surface area contributed by atoms with Crippen molar-refractivity contribution in [3.8, 4) is 6.07 Å². The number of Topliss-reactive ketones (excluding diaryl/α,β-unsaturated/α-hetero) is 1. The first kappa shape index (κ1) is 22.6. The number of nitrogens with zero attached hydrogens (tertiary/aromatic N) is 2. The monoisotopic (exact) mass is 462 g/mol. The first-order chi connectivity index (χ1) is 16.0. The number of amides is 2. The molecule has 2 N–H and O–H groups in total. The number of aliphatic imine (C=N–C) groups is 1. The molecule has 2 heterocycles. The van der Waals surface area contributed by atoms with Crippen LogP contribution >= 0.6 is 11.8 Å².